The molecule has 7 nitrogen and oxygen atoms in total. The van der Waals surface area contributed by atoms with Gasteiger partial charge in [0.25, 0.3) is 0 Å². The molecule has 0 aromatic carbocycles. The average Bonchev–Trinajstić information content (AvgIpc) is 3.26. The molecule has 4 aliphatic carbocycles. The first-order chi connectivity index (χ1) is 14.7. The first-order valence-corrected chi connectivity index (χ1v) is 11.9. The fraction of sp³-hybridized carbons (Fsp3) is 0.792. The van der Waals surface area contributed by atoms with Gasteiger partial charge in [0.2, 0.25) is 0 Å². The molecule has 0 radical (unpaired) electrons. The van der Waals surface area contributed by atoms with E-state index < -0.39 is 11.6 Å². The van der Waals surface area contributed by atoms with Crippen molar-refractivity contribution < 1.29 is 19.4 Å². The number of rotatable bonds is 2. The number of nitrogens with zero attached hydrogens (tertiary/aromatic N) is 1. The van der Waals surface area contributed by atoms with Crippen molar-refractivity contribution >= 4 is 17.7 Å². The molecule has 0 bridgehead atoms. The van der Waals surface area contributed by atoms with Gasteiger partial charge in [-0.1, -0.05) is 13.8 Å². The molecule has 5 rings (SSSR count). The van der Waals surface area contributed by atoms with E-state index in [4.69, 9.17) is 10.5 Å². The number of ether oxygens (including phenoxy) is 1. The number of carbonyl (C=O) groups is 2. The highest BCUT2D eigenvalue weighted by Gasteiger charge is 2.67. The highest BCUT2D eigenvalue weighted by Crippen LogP contribution is 2.69. The maximum atomic E-state index is 12.2. The summed E-state index contributed by atoms with van der Waals surface area (Å²) in [5, 5.41) is 16.5. The Kier molecular flexibility index (Phi) is 4.78. The minimum atomic E-state index is -0.678. The average molecular weight is 430 g/mol. The van der Waals surface area contributed by atoms with E-state index in [0.29, 0.717) is 24.4 Å². The lowest BCUT2D eigenvalue weighted by atomic mass is 9.43. The normalized spacial score (nSPS) is 47.8. The van der Waals surface area contributed by atoms with Gasteiger partial charge >= 0.3 is 12.0 Å². The number of hydrogen-bond donors (Lipinski definition) is 3. The third kappa shape index (κ3) is 2.99. The number of amides is 2. The minimum absolute atomic E-state index is 0.190. The monoisotopic (exact) mass is 429 g/mol. The van der Waals surface area contributed by atoms with Crippen molar-refractivity contribution in [2.24, 2.45) is 45.3 Å². The molecule has 1 aliphatic heterocycles. The molecule has 31 heavy (non-hydrogen) atoms. The molecular weight excluding hydrogens is 394 g/mol. The fourth-order valence-electron chi connectivity index (χ4n) is 8.45. The molecule has 0 spiro atoms. The van der Waals surface area contributed by atoms with E-state index in [9.17, 15) is 14.7 Å². The van der Waals surface area contributed by atoms with Crippen LogP contribution in [0.2, 0.25) is 0 Å². The zero-order chi connectivity index (χ0) is 22.0. The van der Waals surface area contributed by atoms with E-state index in [1.54, 1.807) is 6.08 Å². The molecule has 4 unspecified atom stereocenters. The van der Waals surface area contributed by atoms with Crippen LogP contribution < -0.4 is 11.2 Å². The van der Waals surface area contributed by atoms with Crippen molar-refractivity contribution in [1.29, 1.82) is 0 Å². The van der Waals surface area contributed by atoms with E-state index >= 15 is 0 Å². The fourth-order valence-corrected chi connectivity index (χ4v) is 8.45. The number of esters is 1. The van der Waals surface area contributed by atoms with Crippen LogP contribution in [-0.2, 0) is 9.53 Å². The number of urea groups is 1. The van der Waals surface area contributed by atoms with E-state index in [1.165, 1.54) is 0 Å². The Morgan fingerprint density at radius 1 is 1.19 bits per heavy atom. The zero-order valence-corrected chi connectivity index (χ0v) is 18.7. The molecule has 0 aromatic heterocycles. The number of cyclic esters (lactones) is 1. The van der Waals surface area contributed by atoms with Crippen LogP contribution in [-0.4, -0.2) is 35.0 Å². The van der Waals surface area contributed by atoms with Crippen LogP contribution in [0, 0.1) is 34.5 Å². The van der Waals surface area contributed by atoms with Gasteiger partial charge in [-0.3, -0.25) is 0 Å². The molecule has 4 saturated carbocycles. The van der Waals surface area contributed by atoms with Gasteiger partial charge in [-0.2, -0.15) is 5.10 Å². The Balaban J connectivity index is 1.39. The van der Waals surface area contributed by atoms with Gasteiger partial charge in [-0.05, 0) is 92.4 Å². The number of fused-ring (bicyclic) bond motifs is 5. The number of primary amides is 1. The Morgan fingerprint density at radius 3 is 2.71 bits per heavy atom. The Labute approximate surface area is 183 Å². The lowest BCUT2D eigenvalue weighted by Gasteiger charge is -2.63. The van der Waals surface area contributed by atoms with Crippen molar-refractivity contribution in [2.45, 2.75) is 77.2 Å². The van der Waals surface area contributed by atoms with Gasteiger partial charge in [0.05, 0.1) is 5.60 Å². The zero-order valence-electron chi connectivity index (χ0n) is 18.7. The molecule has 0 aromatic rings. The van der Waals surface area contributed by atoms with E-state index in [1.807, 2.05) is 0 Å². The summed E-state index contributed by atoms with van der Waals surface area (Å²) < 4.78 is 5.22. The summed E-state index contributed by atoms with van der Waals surface area (Å²) in [6.07, 6.45) is 10.5. The number of hydrogen-bond acceptors (Lipinski definition) is 5. The third-order valence-electron chi connectivity index (χ3n) is 10.1. The van der Waals surface area contributed by atoms with E-state index in [0.717, 1.165) is 69.1 Å². The van der Waals surface area contributed by atoms with Crippen LogP contribution >= 0.6 is 0 Å². The van der Waals surface area contributed by atoms with Crippen molar-refractivity contribution in [2.75, 3.05) is 6.61 Å². The summed E-state index contributed by atoms with van der Waals surface area (Å²) in [6.45, 7) is 5.09. The maximum absolute atomic E-state index is 12.2. The van der Waals surface area contributed by atoms with Crippen LogP contribution in [0.4, 0.5) is 4.79 Å². The lowest BCUT2D eigenvalue weighted by molar-refractivity contribution is -0.200. The van der Waals surface area contributed by atoms with E-state index in [-0.39, 0.29) is 22.7 Å². The topological polar surface area (TPSA) is 114 Å². The summed E-state index contributed by atoms with van der Waals surface area (Å²) in [5.74, 6) is 1.34. The second-order valence-electron chi connectivity index (χ2n) is 11.1. The SMILES string of the molecule is C[C@]12CCC(=NNC(N)=O)CC1CCC1[C@@H]2CC[C@]2(C)C(C3=CC(=O)OC3)CCC12O. The maximum Gasteiger partial charge on any atom is 0.332 e. The Morgan fingerprint density at radius 2 is 2.00 bits per heavy atom. The number of hydrazone groups is 1. The highest BCUT2D eigenvalue weighted by molar-refractivity contribution is 5.87. The summed E-state index contributed by atoms with van der Waals surface area (Å²) in [5.41, 5.74) is 9.03. The highest BCUT2D eigenvalue weighted by atomic mass is 16.5. The summed E-state index contributed by atoms with van der Waals surface area (Å²) in [4.78, 5) is 22.7. The smallest absolute Gasteiger partial charge is 0.332 e. The Hall–Kier alpha value is -1.89. The van der Waals surface area contributed by atoms with Crippen molar-refractivity contribution in [3.05, 3.63) is 11.6 Å². The first kappa shape index (κ1) is 21.0. The molecule has 170 valence electrons. The van der Waals surface area contributed by atoms with Crippen molar-refractivity contribution in [1.82, 2.24) is 5.43 Å². The first-order valence-electron chi connectivity index (χ1n) is 11.9. The van der Waals surface area contributed by atoms with Crippen LogP contribution in [0.25, 0.3) is 0 Å². The molecule has 7 atom stereocenters. The quantitative estimate of drug-likeness (QED) is 0.462. The largest absolute Gasteiger partial charge is 0.458 e. The lowest BCUT2D eigenvalue weighted by Crippen LogP contribution is -2.62. The molecule has 4 fully saturated rings. The number of nitrogens with one attached hydrogen (secondary N) is 1. The van der Waals surface area contributed by atoms with Gasteiger partial charge in [0.15, 0.2) is 0 Å². The number of aliphatic hydroxyl groups is 1. The second kappa shape index (κ2) is 7.06. The van der Waals surface area contributed by atoms with Crippen molar-refractivity contribution in [3.63, 3.8) is 0 Å². The van der Waals surface area contributed by atoms with Crippen LogP contribution in [0.1, 0.15) is 71.6 Å². The number of nitrogens with two attached hydrogens (primary N) is 1. The predicted octanol–water partition coefficient (Wildman–Crippen LogP) is 3.27. The predicted molar refractivity (Wildman–Crippen MR) is 116 cm³/mol. The molecule has 0 saturated heterocycles. The molecule has 4 N–H and O–H groups in total. The molecule has 5 aliphatic rings. The molecule has 7 heteroatoms. The van der Waals surface area contributed by atoms with Gasteiger partial charge in [0.1, 0.15) is 6.61 Å². The second-order valence-corrected chi connectivity index (χ2v) is 11.1. The van der Waals surface area contributed by atoms with Gasteiger partial charge in [-0.25, -0.2) is 15.0 Å². The van der Waals surface area contributed by atoms with Gasteiger partial charge in [0, 0.05) is 17.2 Å². The van der Waals surface area contributed by atoms with Crippen LogP contribution in [0.5, 0.6) is 0 Å². The molecule has 1 heterocycles. The summed E-state index contributed by atoms with van der Waals surface area (Å²) in [7, 11) is 0. The standard InChI is InChI=1S/C24H35N3O4/c1-22-8-5-16(26-27-21(25)29)12-15(22)3-4-19-18(22)6-9-23(2)17(7-10-24(19,23)30)14-11-20(28)31-13-14/h11,15,17-19,30H,3-10,12-13H2,1-2H3,(H3,25,27,29)/t15?,17?,18-,19?,22-,23+,24?/m0/s1. The molecular formula is C24H35N3O4. The summed E-state index contributed by atoms with van der Waals surface area (Å²) >= 11 is 0. The van der Waals surface area contributed by atoms with E-state index in [2.05, 4.69) is 24.4 Å². The number of carbonyl (C=O) groups excluding carboxylic acids is 2. The molecule has 2 amide bonds. The Bertz CT molecular complexity index is 869. The van der Waals surface area contributed by atoms with Crippen molar-refractivity contribution in [3.8, 4) is 0 Å². The third-order valence-corrected chi connectivity index (χ3v) is 10.1. The van der Waals surface area contributed by atoms with Gasteiger partial charge < -0.3 is 15.6 Å². The van der Waals surface area contributed by atoms with Crippen LogP contribution in [0.15, 0.2) is 16.8 Å². The summed E-state index contributed by atoms with van der Waals surface area (Å²) in [6, 6.07) is -0.612. The van der Waals surface area contributed by atoms with Gasteiger partial charge in [-0.15, -0.1) is 0 Å². The van der Waals surface area contributed by atoms with Crippen LogP contribution in [0.3, 0.4) is 0 Å². The minimum Gasteiger partial charge on any atom is -0.458 e.